The van der Waals surface area contributed by atoms with Crippen molar-refractivity contribution < 1.29 is 19.0 Å². The lowest BCUT2D eigenvalue weighted by molar-refractivity contribution is -0.132. The Morgan fingerprint density at radius 2 is 2.15 bits per heavy atom. The molecule has 1 unspecified atom stereocenters. The van der Waals surface area contributed by atoms with Crippen molar-refractivity contribution in [2.24, 2.45) is 5.73 Å². The summed E-state index contributed by atoms with van der Waals surface area (Å²) >= 11 is 0. The molecular formula is C20H32N2O4. The zero-order valence-electron chi connectivity index (χ0n) is 16.1. The number of methoxy groups -OCH3 is 1. The second kappa shape index (κ2) is 10.4. The van der Waals surface area contributed by atoms with Crippen LogP contribution in [-0.2, 0) is 9.53 Å². The quantitative estimate of drug-likeness (QED) is 0.624. The Labute approximate surface area is 156 Å². The van der Waals surface area contributed by atoms with Crippen molar-refractivity contribution in [1.82, 2.24) is 5.32 Å². The Bertz CT molecular complexity index is 579. The van der Waals surface area contributed by atoms with E-state index in [2.05, 4.69) is 12.2 Å². The third-order valence-corrected chi connectivity index (χ3v) is 4.71. The fourth-order valence-electron chi connectivity index (χ4n) is 3.07. The number of rotatable bonds is 10. The van der Waals surface area contributed by atoms with Gasteiger partial charge in [-0.1, -0.05) is 25.8 Å². The van der Waals surface area contributed by atoms with Crippen LogP contribution in [0.4, 0.5) is 0 Å². The number of nitrogens with two attached hydrogens (primary N) is 1. The molecule has 6 heteroatoms. The van der Waals surface area contributed by atoms with Crippen LogP contribution < -0.4 is 20.5 Å². The SMILES string of the molecule is CCCCCOc1ccc(C(C)NC(=O)[C@@H]2CC[C@H](CN)O2)cc1OC. The lowest BCUT2D eigenvalue weighted by Crippen LogP contribution is -2.37. The van der Waals surface area contributed by atoms with Gasteiger partial charge in [0.2, 0.25) is 5.91 Å². The zero-order valence-corrected chi connectivity index (χ0v) is 16.1. The molecule has 6 nitrogen and oxygen atoms in total. The fourth-order valence-corrected chi connectivity index (χ4v) is 3.07. The molecule has 0 radical (unpaired) electrons. The molecule has 1 aliphatic heterocycles. The lowest BCUT2D eigenvalue weighted by Gasteiger charge is -2.19. The number of carbonyl (C=O) groups is 1. The Hall–Kier alpha value is -1.79. The number of amides is 1. The van der Waals surface area contributed by atoms with Crippen molar-refractivity contribution in [2.75, 3.05) is 20.3 Å². The van der Waals surface area contributed by atoms with Crippen LogP contribution in [-0.4, -0.2) is 38.4 Å². The molecule has 1 heterocycles. The van der Waals surface area contributed by atoms with Gasteiger partial charge in [-0.3, -0.25) is 4.79 Å². The third-order valence-electron chi connectivity index (χ3n) is 4.71. The van der Waals surface area contributed by atoms with Gasteiger partial charge in [0.25, 0.3) is 0 Å². The van der Waals surface area contributed by atoms with Gasteiger partial charge in [-0.15, -0.1) is 0 Å². The molecule has 1 aromatic rings. The Kier molecular flexibility index (Phi) is 8.19. The van der Waals surface area contributed by atoms with Gasteiger partial charge in [-0.05, 0) is 43.9 Å². The van der Waals surface area contributed by atoms with E-state index in [4.69, 9.17) is 19.9 Å². The van der Waals surface area contributed by atoms with E-state index in [9.17, 15) is 4.79 Å². The molecule has 26 heavy (non-hydrogen) atoms. The van der Waals surface area contributed by atoms with Gasteiger partial charge in [-0.25, -0.2) is 0 Å². The van der Waals surface area contributed by atoms with E-state index in [1.807, 2.05) is 25.1 Å². The van der Waals surface area contributed by atoms with Gasteiger partial charge in [0.15, 0.2) is 11.5 Å². The van der Waals surface area contributed by atoms with Crippen LogP contribution in [0, 0.1) is 0 Å². The first-order valence-corrected chi connectivity index (χ1v) is 9.55. The molecule has 2 rings (SSSR count). The molecule has 0 aromatic heterocycles. The molecule has 1 aliphatic rings. The fraction of sp³-hybridized carbons (Fsp3) is 0.650. The normalized spacial score (nSPS) is 20.6. The summed E-state index contributed by atoms with van der Waals surface area (Å²) in [5.41, 5.74) is 6.57. The number of hydrogen-bond donors (Lipinski definition) is 2. The highest BCUT2D eigenvalue weighted by Gasteiger charge is 2.30. The monoisotopic (exact) mass is 364 g/mol. The number of hydrogen-bond acceptors (Lipinski definition) is 5. The van der Waals surface area contributed by atoms with Gasteiger partial charge >= 0.3 is 0 Å². The molecule has 1 amide bonds. The smallest absolute Gasteiger partial charge is 0.249 e. The summed E-state index contributed by atoms with van der Waals surface area (Å²) in [4.78, 5) is 12.4. The van der Waals surface area contributed by atoms with Gasteiger partial charge in [0, 0.05) is 6.54 Å². The maximum absolute atomic E-state index is 12.4. The van der Waals surface area contributed by atoms with Gasteiger partial charge in [0.05, 0.1) is 25.9 Å². The van der Waals surface area contributed by atoms with Crippen molar-refractivity contribution in [3.05, 3.63) is 23.8 Å². The van der Waals surface area contributed by atoms with Crippen LogP contribution in [0.15, 0.2) is 18.2 Å². The number of unbranched alkanes of at least 4 members (excludes halogenated alkanes) is 2. The van der Waals surface area contributed by atoms with E-state index in [1.165, 1.54) is 0 Å². The van der Waals surface area contributed by atoms with Crippen molar-refractivity contribution in [2.45, 2.75) is 64.2 Å². The topological polar surface area (TPSA) is 82.8 Å². The summed E-state index contributed by atoms with van der Waals surface area (Å²) in [7, 11) is 1.63. The van der Waals surface area contributed by atoms with Gasteiger partial charge < -0.3 is 25.3 Å². The van der Waals surface area contributed by atoms with Crippen molar-refractivity contribution in [3.8, 4) is 11.5 Å². The molecule has 0 saturated carbocycles. The first kappa shape index (κ1) is 20.5. The van der Waals surface area contributed by atoms with Gasteiger partial charge in [0.1, 0.15) is 6.10 Å². The van der Waals surface area contributed by atoms with Crippen molar-refractivity contribution in [1.29, 1.82) is 0 Å². The van der Waals surface area contributed by atoms with Crippen LogP contribution in [0.25, 0.3) is 0 Å². The van der Waals surface area contributed by atoms with E-state index in [1.54, 1.807) is 7.11 Å². The van der Waals surface area contributed by atoms with E-state index < -0.39 is 6.10 Å². The molecule has 0 spiro atoms. The van der Waals surface area contributed by atoms with E-state index in [0.29, 0.717) is 25.3 Å². The largest absolute Gasteiger partial charge is 0.493 e. The highest BCUT2D eigenvalue weighted by atomic mass is 16.5. The van der Waals surface area contributed by atoms with E-state index >= 15 is 0 Å². The van der Waals surface area contributed by atoms with Crippen LogP contribution >= 0.6 is 0 Å². The highest BCUT2D eigenvalue weighted by Crippen LogP contribution is 2.31. The van der Waals surface area contributed by atoms with Crippen LogP contribution in [0.5, 0.6) is 11.5 Å². The first-order valence-electron chi connectivity index (χ1n) is 9.55. The molecular weight excluding hydrogens is 332 g/mol. The number of ether oxygens (including phenoxy) is 3. The zero-order chi connectivity index (χ0) is 18.9. The molecule has 1 aromatic carbocycles. The van der Waals surface area contributed by atoms with Gasteiger partial charge in [-0.2, -0.15) is 0 Å². The average molecular weight is 364 g/mol. The highest BCUT2D eigenvalue weighted by molar-refractivity contribution is 5.81. The Balaban J connectivity index is 1.93. The number of benzene rings is 1. The second-order valence-electron chi connectivity index (χ2n) is 6.76. The molecule has 3 N–H and O–H groups in total. The molecule has 1 fully saturated rings. The maximum Gasteiger partial charge on any atom is 0.249 e. The standard InChI is InChI=1S/C20H32N2O4/c1-4-5-6-11-25-17-9-7-15(12-19(17)24-3)14(2)22-20(23)18-10-8-16(13-21)26-18/h7,9,12,14,16,18H,4-6,8,10-11,13,21H2,1-3H3,(H,22,23)/t14?,16-,18+/m1/s1. The Morgan fingerprint density at radius 1 is 1.35 bits per heavy atom. The minimum Gasteiger partial charge on any atom is -0.493 e. The van der Waals surface area contributed by atoms with Crippen LogP contribution in [0.2, 0.25) is 0 Å². The third kappa shape index (κ3) is 5.61. The van der Waals surface area contributed by atoms with E-state index in [-0.39, 0.29) is 18.1 Å². The lowest BCUT2D eigenvalue weighted by atomic mass is 10.1. The summed E-state index contributed by atoms with van der Waals surface area (Å²) in [5.74, 6) is 1.32. The summed E-state index contributed by atoms with van der Waals surface area (Å²) in [6, 6.07) is 5.63. The van der Waals surface area contributed by atoms with Crippen molar-refractivity contribution >= 4 is 5.91 Å². The van der Waals surface area contributed by atoms with Crippen LogP contribution in [0.3, 0.4) is 0 Å². The second-order valence-corrected chi connectivity index (χ2v) is 6.76. The molecule has 0 bridgehead atoms. The summed E-state index contributed by atoms with van der Waals surface area (Å²) < 4.78 is 16.9. The molecule has 1 saturated heterocycles. The number of nitrogens with one attached hydrogen (secondary N) is 1. The maximum atomic E-state index is 12.4. The summed E-state index contributed by atoms with van der Waals surface area (Å²) in [5, 5.41) is 3.01. The molecule has 0 aliphatic carbocycles. The van der Waals surface area contributed by atoms with Crippen molar-refractivity contribution in [3.63, 3.8) is 0 Å². The average Bonchev–Trinajstić information content (AvgIpc) is 3.14. The summed E-state index contributed by atoms with van der Waals surface area (Å²) in [6.07, 6.45) is 4.47. The predicted molar refractivity (Wildman–Crippen MR) is 102 cm³/mol. The molecule has 146 valence electrons. The van der Waals surface area contributed by atoms with E-state index in [0.717, 1.165) is 37.0 Å². The van der Waals surface area contributed by atoms with Crippen LogP contribution in [0.1, 0.15) is 57.6 Å². The molecule has 3 atom stereocenters. The minimum atomic E-state index is -0.408. The predicted octanol–water partition coefficient (Wildman–Crippen LogP) is 2.95. The Morgan fingerprint density at radius 3 is 2.81 bits per heavy atom. The summed E-state index contributed by atoms with van der Waals surface area (Å²) in [6.45, 7) is 5.25. The number of carbonyl (C=O) groups excluding carboxylic acids is 1. The minimum absolute atomic E-state index is 0.00899. The first-order chi connectivity index (χ1) is 12.6.